The molecule has 0 radical (unpaired) electrons. The summed E-state index contributed by atoms with van der Waals surface area (Å²) in [5, 5.41) is 9.71. The molecule has 0 unspecified atom stereocenters. The number of carbonyl (C=O) groups is 1. The number of rotatable bonds is 5. The number of nitrogens with one attached hydrogen (secondary N) is 2. The number of fused-ring (bicyclic) bond motifs is 1. The van der Waals surface area contributed by atoms with Gasteiger partial charge >= 0.3 is 6.18 Å². The smallest absolute Gasteiger partial charge is 0.410 e. The molecule has 162 valence electrons. The predicted octanol–water partition coefficient (Wildman–Crippen LogP) is 4.48. The Labute approximate surface area is 177 Å². The van der Waals surface area contributed by atoms with Gasteiger partial charge in [0.05, 0.1) is 19.3 Å². The highest BCUT2D eigenvalue weighted by Gasteiger charge is 2.47. The van der Waals surface area contributed by atoms with Crippen LogP contribution in [0.5, 0.6) is 5.75 Å². The van der Waals surface area contributed by atoms with Crippen molar-refractivity contribution in [3.05, 3.63) is 77.5 Å². The Morgan fingerprint density at radius 2 is 1.90 bits per heavy atom. The summed E-state index contributed by atoms with van der Waals surface area (Å²) in [5.41, 5.74) is 1.62. The Balaban J connectivity index is 1.57. The van der Waals surface area contributed by atoms with Gasteiger partial charge < -0.3 is 15.4 Å². The SMILES string of the molecule is COc1ccc(CNC(=O)c2cnn3c2N[C@H](c2ccccc2)C[C@H]3C(F)(F)F)cc1. The van der Waals surface area contributed by atoms with E-state index in [-0.39, 0.29) is 24.3 Å². The number of halogens is 3. The molecule has 1 aliphatic heterocycles. The van der Waals surface area contributed by atoms with Crippen LogP contribution in [0.4, 0.5) is 19.0 Å². The minimum absolute atomic E-state index is 0.0645. The van der Waals surface area contributed by atoms with Crippen molar-refractivity contribution in [1.82, 2.24) is 15.1 Å². The molecule has 0 bridgehead atoms. The van der Waals surface area contributed by atoms with Crippen LogP contribution in [-0.4, -0.2) is 29.0 Å². The van der Waals surface area contributed by atoms with Crippen LogP contribution in [-0.2, 0) is 6.54 Å². The third-order valence-electron chi connectivity index (χ3n) is 5.30. The van der Waals surface area contributed by atoms with E-state index >= 15 is 0 Å². The topological polar surface area (TPSA) is 68.2 Å². The molecule has 0 saturated heterocycles. The molecule has 1 aromatic heterocycles. The van der Waals surface area contributed by atoms with Gasteiger partial charge in [0, 0.05) is 13.0 Å². The van der Waals surface area contributed by atoms with E-state index in [9.17, 15) is 18.0 Å². The lowest BCUT2D eigenvalue weighted by atomic mass is 9.96. The molecule has 31 heavy (non-hydrogen) atoms. The molecule has 9 heteroatoms. The Bertz CT molecular complexity index is 1050. The molecule has 1 aliphatic rings. The maximum absolute atomic E-state index is 13.8. The first-order chi connectivity index (χ1) is 14.9. The van der Waals surface area contributed by atoms with Crippen LogP contribution >= 0.6 is 0 Å². The second-order valence-corrected chi connectivity index (χ2v) is 7.28. The van der Waals surface area contributed by atoms with E-state index in [4.69, 9.17) is 4.74 Å². The van der Waals surface area contributed by atoms with Gasteiger partial charge in [0.2, 0.25) is 0 Å². The van der Waals surface area contributed by atoms with Crippen LogP contribution in [0.15, 0.2) is 60.8 Å². The number of hydrogen-bond donors (Lipinski definition) is 2. The molecule has 2 aromatic carbocycles. The molecular formula is C22H21F3N4O2. The van der Waals surface area contributed by atoms with Crippen molar-refractivity contribution in [1.29, 1.82) is 0 Å². The van der Waals surface area contributed by atoms with Crippen LogP contribution in [0, 0.1) is 0 Å². The molecule has 0 fully saturated rings. The largest absolute Gasteiger partial charge is 0.497 e. The molecular weight excluding hydrogens is 409 g/mol. The standard InChI is InChI=1S/C22H21F3N4O2/c1-31-16-9-7-14(8-10-16)12-26-21(30)17-13-27-29-19(22(23,24)25)11-18(28-20(17)29)15-5-3-2-4-6-15/h2-10,13,18-19,28H,11-12H2,1H3,(H,26,30)/t18-,19-/m0/s1. The summed E-state index contributed by atoms with van der Waals surface area (Å²) < 4.78 is 47.2. The molecule has 0 aliphatic carbocycles. The van der Waals surface area contributed by atoms with Gasteiger partial charge in [-0.25, -0.2) is 4.68 Å². The molecule has 4 rings (SSSR count). The van der Waals surface area contributed by atoms with Crippen LogP contribution in [0.3, 0.4) is 0 Å². The molecule has 2 N–H and O–H groups in total. The third-order valence-corrected chi connectivity index (χ3v) is 5.30. The van der Waals surface area contributed by atoms with Crippen LogP contribution in [0.1, 0.15) is 40.0 Å². The zero-order chi connectivity index (χ0) is 22.0. The third kappa shape index (κ3) is 4.35. The number of benzene rings is 2. The number of aromatic nitrogens is 2. The fourth-order valence-electron chi connectivity index (χ4n) is 3.65. The van der Waals surface area contributed by atoms with Gasteiger partial charge in [0.1, 0.15) is 17.1 Å². The van der Waals surface area contributed by atoms with Crippen molar-refractivity contribution >= 4 is 11.7 Å². The number of carbonyl (C=O) groups excluding carboxylic acids is 1. The fraction of sp³-hybridized carbons (Fsp3) is 0.273. The average molecular weight is 430 g/mol. The van der Waals surface area contributed by atoms with Crippen LogP contribution in [0.2, 0.25) is 0 Å². The lowest BCUT2D eigenvalue weighted by Crippen LogP contribution is -2.36. The first-order valence-electron chi connectivity index (χ1n) is 9.73. The summed E-state index contributed by atoms with van der Waals surface area (Å²) in [6.07, 6.45) is -3.53. The van der Waals surface area contributed by atoms with Crippen molar-refractivity contribution in [2.45, 2.75) is 31.2 Å². The Kier molecular flexibility index (Phi) is 5.58. The quantitative estimate of drug-likeness (QED) is 0.626. The van der Waals surface area contributed by atoms with Crippen molar-refractivity contribution in [2.24, 2.45) is 0 Å². The second kappa shape index (κ2) is 8.33. The van der Waals surface area contributed by atoms with Gasteiger partial charge in [-0.2, -0.15) is 18.3 Å². The molecule has 0 spiro atoms. The molecule has 1 amide bonds. The lowest BCUT2D eigenvalue weighted by Gasteiger charge is -2.34. The molecule has 2 atom stereocenters. The highest BCUT2D eigenvalue weighted by atomic mass is 19.4. The average Bonchev–Trinajstić information content (AvgIpc) is 3.21. The second-order valence-electron chi connectivity index (χ2n) is 7.28. The van der Waals surface area contributed by atoms with Crippen molar-refractivity contribution in [2.75, 3.05) is 12.4 Å². The van der Waals surface area contributed by atoms with Crippen molar-refractivity contribution < 1.29 is 22.7 Å². The maximum Gasteiger partial charge on any atom is 0.410 e. The zero-order valence-electron chi connectivity index (χ0n) is 16.7. The summed E-state index contributed by atoms with van der Waals surface area (Å²) in [7, 11) is 1.56. The first-order valence-corrected chi connectivity index (χ1v) is 9.73. The summed E-state index contributed by atoms with van der Waals surface area (Å²) >= 11 is 0. The summed E-state index contributed by atoms with van der Waals surface area (Å²) in [6, 6.07) is 13.6. The summed E-state index contributed by atoms with van der Waals surface area (Å²) in [6.45, 7) is 0.220. The van der Waals surface area contributed by atoms with E-state index in [0.717, 1.165) is 10.2 Å². The van der Waals surface area contributed by atoms with Crippen LogP contribution < -0.4 is 15.4 Å². The highest BCUT2D eigenvalue weighted by Crippen LogP contribution is 2.44. The monoisotopic (exact) mass is 430 g/mol. The van der Waals surface area contributed by atoms with Gasteiger partial charge in [0.25, 0.3) is 5.91 Å². The van der Waals surface area contributed by atoms with Gasteiger partial charge in [-0.15, -0.1) is 0 Å². The molecule has 0 saturated carbocycles. The van der Waals surface area contributed by atoms with E-state index in [1.807, 2.05) is 0 Å². The number of ether oxygens (including phenoxy) is 1. The van der Waals surface area contributed by atoms with E-state index in [1.165, 1.54) is 6.20 Å². The zero-order valence-corrected chi connectivity index (χ0v) is 16.7. The normalized spacial score (nSPS) is 18.1. The number of amides is 1. The number of alkyl halides is 3. The summed E-state index contributed by atoms with van der Waals surface area (Å²) in [4.78, 5) is 12.8. The molecule has 3 aromatic rings. The predicted molar refractivity (Wildman–Crippen MR) is 109 cm³/mol. The van der Waals surface area contributed by atoms with Gasteiger partial charge in [-0.05, 0) is 23.3 Å². The number of nitrogens with zero attached hydrogens (tertiary/aromatic N) is 2. The lowest BCUT2D eigenvalue weighted by molar-refractivity contribution is -0.173. The molecule has 6 nitrogen and oxygen atoms in total. The van der Waals surface area contributed by atoms with E-state index in [1.54, 1.807) is 61.7 Å². The van der Waals surface area contributed by atoms with Crippen molar-refractivity contribution in [3.8, 4) is 5.75 Å². The van der Waals surface area contributed by atoms with E-state index in [0.29, 0.717) is 11.3 Å². The van der Waals surface area contributed by atoms with Gasteiger partial charge in [0.15, 0.2) is 6.04 Å². The van der Waals surface area contributed by atoms with Crippen molar-refractivity contribution in [3.63, 3.8) is 0 Å². The summed E-state index contributed by atoms with van der Waals surface area (Å²) in [5.74, 6) is 0.254. The minimum atomic E-state index is -4.49. The highest BCUT2D eigenvalue weighted by molar-refractivity contribution is 5.98. The van der Waals surface area contributed by atoms with Crippen LogP contribution in [0.25, 0.3) is 0 Å². The number of methoxy groups -OCH3 is 1. The maximum atomic E-state index is 13.8. The molecule has 2 heterocycles. The Hall–Kier alpha value is -3.49. The van der Waals surface area contributed by atoms with E-state index < -0.39 is 24.2 Å². The fourth-order valence-corrected chi connectivity index (χ4v) is 3.65. The minimum Gasteiger partial charge on any atom is -0.497 e. The Morgan fingerprint density at radius 3 is 2.55 bits per heavy atom. The number of anilines is 1. The first kappa shape index (κ1) is 20.8. The Morgan fingerprint density at radius 1 is 1.19 bits per heavy atom. The van der Waals surface area contributed by atoms with Gasteiger partial charge in [-0.3, -0.25) is 4.79 Å². The van der Waals surface area contributed by atoms with Gasteiger partial charge in [-0.1, -0.05) is 42.5 Å². The number of hydrogen-bond acceptors (Lipinski definition) is 4. The van der Waals surface area contributed by atoms with E-state index in [2.05, 4.69) is 15.7 Å².